The van der Waals surface area contributed by atoms with E-state index in [0.29, 0.717) is 16.9 Å². The molecule has 198 valence electrons. The van der Waals surface area contributed by atoms with Crippen molar-refractivity contribution in [1.82, 2.24) is 9.78 Å². The molecule has 0 radical (unpaired) electrons. The molecule has 0 saturated heterocycles. The van der Waals surface area contributed by atoms with Crippen molar-refractivity contribution >= 4 is 11.8 Å². The Labute approximate surface area is 219 Å². The number of ether oxygens (including phenoxy) is 4. The van der Waals surface area contributed by atoms with Gasteiger partial charge in [0.05, 0.1) is 30.9 Å². The lowest BCUT2D eigenvalue weighted by atomic mass is 9.84. The number of carbonyl (C=O) groups is 1. The fraction of sp³-hybridized carbons (Fsp3) is 0.333. The van der Waals surface area contributed by atoms with Crippen LogP contribution in [0.5, 0.6) is 5.75 Å². The normalized spacial score (nSPS) is 17.5. The molecule has 2 N–H and O–H groups in total. The molecule has 4 rings (SSSR count). The number of rotatable bonds is 10. The van der Waals surface area contributed by atoms with Crippen molar-refractivity contribution in [3.63, 3.8) is 0 Å². The van der Waals surface area contributed by atoms with Crippen molar-refractivity contribution in [1.29, 1.82) is 5.26 Å². The van der Waals surface area contributed by atoms with E-state index in [1.807, 2.05) is 30.3 Å². The van der Waals surface area contributed by atoms with E-state index in [1.54, 1.807) is 18.2 Å². The van der Waals surface area contributed by atoms with E-state index >= 15 is 0 Å². The molecule has 1 aromatic heterocycles. The zero-order valence-corrected chi connectivity index (χ0v) is 21.0. The molecule has 0 spiro atoms. The Morgan fingerprint density at radius 2 is 1.89 bits per heavy atom. The molecule has 2 atom stereocenters. The van der Waals surface area contributed by atoms with E-state index in [4.69, 9.17) is 18.9 Å². The van der Waals surface area contributed by atoms with E-state index in [9.17, 15) is 20.0 Å². The minimum atomic E-state index is -1.27. The summed E-state index contributed by atoms with van der Waals surface area (Å²) in [6, 6.07) is 18.0. The SMILES string of the molecule is COCC1(COC)Oc2ccc(C#N)cc2[C@@H](Nc2ccc(=O)n(CC(=O)OCc3ccccc3)n2)[C@@H]1O. The second-order valence-corrected chi connectivity index (χ2v) is 8.82. The van der Waals surface area contributed by atoms with Crippen LogP contribution in [0.4, 0.5) is 5.82 Å². The van der Waals surface area contributed by atoms with Gasteiger partial charge in [-0.3, -0.25) is 9.59 Å². The van der Waals surface area contributed by atoms with Gasteiger partial charge in [-0.1, -0.05) is 30.3 Å². The smallest absolute Gasteiger partial charge is 0.328 e. The molecule has 0 saturated carbocycles. The Bertz CT molecular complexity index is 1360. The van der Waals surface area contributed by atoms with E-state index in [1.165, 1.54) is 26.4 Å². The van der Waals surface area contributed by atoms with E-state index < -0.39 is 35.8 Å². The topological polar surface area (TPSA) is 145 Å². The first-order valence-corrected chi connectivity index (χ1v) is 11.8. The van der Waals surface area contributed by atoms with Crippen LogP contribution < -0.4 is 15.6 Å². The number of anilines is 1. The maximum Gasteiger partial charge on any atom is 0.328 e. The number of aliphatic hydroxyl groups is 1. The molecule has 0 aliphatic carbocycles. The lowest BCUT2D eigenvalue weighted by Crippen LogP contribution is -2.60. The maximum atomic E-state index is 12.4. The van der Waals surface area contributed by atoms with E-state index in [2.05, 4.69) is 16.5 Å². The third kappa shape index (κ3) is 5.84. The number of aliphatic hydroxyl groups excluding tert-OH is 1. The Morgan fingerprint density at radius 3 is 2.58 bits per heavy atom. The maximum absolute atomic E-state index is 12.4. The lowest BCUT2D eigenvalue weighted by Gasteiger charge is -2.45. The summed E-state index contributed by atoms with van der Waals surface area (Å²) >= 11 is 0. The summed E-state index contributed by atoms with van der Waals surface area (Å²) in [7, 11) is 2.97. The summed E-state index contributed by atoms with van der Waals surface area (Å²) < 4.78 is 23.1. The number of carbonyl (C=O) groups excluding carboxylic acids is 1. The zero-order valence-electron chi connectivity index (χ0n) is 21.0. The number of hydrogen-bond acceptors (Lipinski definition) is 10. The minimum Gasteiger partial charge on any atom is -0.479 e. The average molecular weight is 521 g/mol. The van der Waals surface area contributed by atoms with Crippen LogP contribution in [0.3, 0.4) is 0 Å². The van der Waals surface area contributed by atoms with Crippen molar-refractivity contribution < 1.29 is 28.8 Å². The monoisotopic (exact) mass is 520 g/mol. The summed E-state index contributed by atoms with van der Waals surface area (Å²) in [5.74, 6) is 0.0112. The van der Waals surface area contributed by atoms with Crippen molar-refractivity contribution in [2.24, 2.45) is 0 Å². The molecule has 38 heavy (non-hydrogen) atoms. The Kier molecular flexibility index (Phi) is 8.38. The van der Waals surface area contributed by atoms with Crippen molar-refractivity contribution in [2.75, 3.05) is 32.8 Å². The number of nitrogens with zero attached hydrogens (tertiary/aromatic N) is 3. The fourth-order valence-electron chi connectivity index (χ4n) is 4.33. The summed E-state index contributed by atoms with van der Waals surface area (Å²) in [4.78, 5) is 24.8. The van der Waals surface area contributed by atoms with Crippen molar-refractivity contribution in [2.45, 2.75) is 30.9 Å². The van der Waals surface area contributed by atoms with Crippen LogP contribution in [-0.2, 0) is 32.2 Å². The van der Waals surface area contributed by atoms with Crippen LogP contribution in [0.15, 0.2) is 65.5 Å². The van der Waals surface area contributed by atoms with Gasteiger partial charge in [-0.25, -0.2) is 4.68 Å². The average Bonchev–Trinajstić information content (AvgIpc) is 2.92. The molecule has 0 unspecified atom stereocenters. The highest BCUT2D eigenvalue weighted by Crippen LogP contribution is 2.42. The number of hydrogen-bond donors (Lipinski definition) is 2. The first-order chi connectivity index (χ1) is 18.4. The van der Waals surface area contributed by atoms with E-state index in [-0.39, 0.29) is 25.6 Å². The van der Waals surface area contributed by atoms with Gasteiger partial charge in [-0.05, 0) is 29.8 Å². The van der Waals surface area contributed by atoms with Gasteiger partial charge in [0.15, 0.2) is 5.60 Å². The van der Waals surface area contributed by atoms with Crippen LogP contribution in [0, 0.1) is 11.3 Å². The number of methoxy groups -OCH3 is 2. The summed E-state index contributed by atoms with van der Waals surface area (Å²) in [6.45, 7) is -0.302. The van der Waals surface area contributed by atoms with Crippen LogP contribution in [-0.4, -0.2) is 60.0 Å². The predicted molar refractivity (Wildman–Crippen MR) is 135 cm³/mol. The van der Waals surface area contributed by atoms with Gasteiger partial charge in [-0.2, -0.15) is 10.4 Å². The largest absolute Gasteiger partial charge is 0.479 e. The van der Waals surface area contributed by atoms with Crippen LogP contribution in [0.1, 0.15) is 22.7 Å². The van der Waals surface area contributed by atoms with Gasteiger partial charge < -0.3 is 29.4 Å². The number of nitriles is 1. The third-order valence-electron chi connectivity index (χ3n) is 6.11. The molecular weight excluding hydrogens is 492 g/mol. The van der Waals surface area contributed by atoms with Crippen LogP contribution in [0.25, 0.3) is 0 Å². The predicted octanol–water partition coefficient (Wildman–Crippen LogP) is 1.80. The van der Waals surface area contributed by atoms with Gasteiger partial charge >= 0.3 is 5.97 Å². The standard InChI is InChI=1S/C27H28N4O7/c1-35-16-27(17-36-2)26(34)25(20-12-19(13-28)8-9-21(20)38-27)29-22-10-11-23(32)31(30-22)14-24(33)37-15-18-6-4-3-5-7-18/h3-12,25-26,34H,14-17H2,1-2H3,(H,29,30)/t25-,26+/m1/s1. The van der Waals surface area contributed by atoms with Gasteiger partial charge in [0.1, 0.15) is 30.8 Å². The molecule has 2 aromatic carbocycles. The Balaban J connectivity index is 1.60. The molecule has 2 heterocycles. The molecule has 1 aliphatic rings. The van der Waals surface area contributed by atoms with Gasteiger partial charge in [0.25, 0.3) is 5.56 Å². The molecule has 11 nitrogen and oxygen atoms in total. The fourth-order valence-corrected chi connectivity index (χ4v) is 4.33. The second-order valence-electron chi connectivity index (χ2n) is 8.82. The number of nitrogens with one attached hydrogen (secondary N) is 1. The number of aromatic nitrogens is 2. The van der Waals surface area contributed by atoms with Gasteiger partial charge in [0, 0.05) is 25.8 Å². The number of esters is 1. The molecule has 1 aliphatic heterocycles. The summed E-state index contributed by atoms with van der Waals surface area (Å²) in [5, 5.41) is 28.3. The Hall–Kier alpha value is -4.24. The summed E-state index contributed by atoms with van der Waals surface area (Å²) in [5.41, 5.74) is -0.0633. The molecule has 0 amide bonds. The summed E-state index contributed by atoms with van der Waals surface area (Å²) in [6.07, 6.45) is -1.21. The highest BCUT2D eigenvalue weighted by Gasteiger charge is 2.50. The quantitative estimate of drug-likeness (QED) is 0.380. The molecule has 0 fully saturated rings. The van der Waals surface area contributed by atoms with Crippen molar-refractivity contribution in [3.05, 3.63) is 87.7 Å². The van der Waals surface area contributed by atoms with Gasteiger partial charge in [0.2, 0.25) is 0 Å². The minimum absolute atomic E-state index is 0.0137. The first kappa shape index (κ1) is 26.8. The molecule has 11 heteroatoms. The van der Waals surface area contributed by atoms with Crippen molar-refractivity contribution in [3.8, 4) is 11.8 Å². The highest BCUT2D eigenvalue weighted by atomic mass is 16.6. The molecular formula is C27H28N4O7. The van der Waals surface area contributed by atoms with Crippen LogP contribution in [0.2, 0.25) is 0 Å². The van der Waals surface area contributed by atoms with E-state index in [0.717, 1.165) is 10.2 Å². The molecule has 0 bridgehead atoms. The third-order valence-corrected chi connectivity index (χ3v) is 6.11. The zero-order chi connectivity index (χ0) is 27.1. The number of fused-ring (bicyclic) bond motifs is 1. The Morgan fingerprint density at radius 1 is 1.16 bits per heavy atom. The highest BCUT2D eigenvalue weighted by molar-refractivity contribution is 5.69. The first-order valence-electron chi connectivity index (χ1n) is 11.8. The molecule has 3 aromatic rings. The lowest BCUT2D eigenvalue weighted by molar-refractivity contribution is -0.146. The number of benzene rings is 2. The van der Waals surface area contributed by atoms with Crippen LogP contribution >= 0.6 is 0 Å². The van der Waals surface area contributed by atoms with Gasteiger partial charge in [-0.15, -0.1) is 0 Å². The second kappa shape index (κ2) is 11.9.